The zero-order chi connectivity index (χ0) is 17.1. The molecule has 3 unspecified atom stereocenters. The Morgan fingerprint density at radius 1 is 1.20 bits per heavy atom. The molecule has 0 amide bonds. The van der Waals surface area contributed by atoms with E-state index in [1.807, 2.05) is 12.5 Å². The monoisotopic (exact) mass is 352 g/mol. The smallest absolute Gasteiger partial charge is 0.170 e. The van der Waals surface area contributed by atoms with Gasteiger partial charge in [0.05, 0.1) is 6.33 Å². The molecule has 2 N–H and O–H groups in total. The predicted octanol–water partition coefficient (Wildman–Crippen LogP) is 3.94. The zero-order valence-electron chi connectivity index (χ0n) is 14.3. The van der Waals surface area contributed by atoms with Crippen molar-refractivity contribution < 1.29 is 0 Å². The number of hydrogen-bond acceptors (Lipinski definition) is 2. The van der Waals surface area contributed by atoms with Gasteiger partial charge in [-0.25, -0.2) is 4.98 Å². The lowest BCUT2D eigenvalue weighted by atomic mass is 9.87. The largest absolute Gasteiger partial charge is 0.362 e. The summed E-state index contributed by atoms with van der Waals surface area (Å²) in [6.07, 6.45) is 14.1. The van der Waals surface area contributed by atoms with Crippen LogP contribution in [0.1, 0.15) is 30.7 Å². The maximum atomic E-state index is 5.38. The van der Waals surface area contributed by atoms with Crippen molar-refractivity contribution in [1.29, 1.82) is 0 Å². The maximum absolute atomic E-state index is 5.38. The van der Waals surface area contributed by atoms with E-state index in [4.69, 9.17) is 12.2 Å². The first-order valence-corrected chi connectivity index (χ1v) is 9.47. The van der Waals surface area contributed by atoms with Crippen molar-refractivity contribution in [3.05, 3.63) is 60.7 Å². The fourth-order valence-corrected chi connectivity index (χ4v) is 4.26. The highest BCUT2D eigenvalue weighted by Gasteiger charge is 2.36. The molecule has 1 heterocycles. The first-order chi connectivity index (χ1) is 12.3. The van der Waals surface area contributed by atoms with Crippen molar-refractivity contribution >= 4 is 23.0 Å². The van der Waals surface area contributed by atoms with E-state index in [0.29, 0.717) is 11.0 Å². The fraction of sp³-hybridized carbons (Fsp3) is 0.400. The van der Waals surface area contributed by atoms with E-state index in [-0.39, 0.29) is 0 Å². The van der Waals surface area contributed by atoms with Gasteiger partial charge in [0, 0.05) is 31.2 Å². The Bertz CT molecular complexity index is 736. The minimum absolute atomic E-state index is 0.682. The molecule has 0 radical (unpaired) electrons. The van der Waals surface area contributed by atoms with Crippen LogP contribution in [-0.4, -0.2) is 21.2 Å². The van der Waals surface area contributed by atoms with Crippen molar-refractivity contribution in [1.82, 2.24) is 14.9 Å². The number of allylic oxidation sites excluding steroid dienone is 2. The van der Waals surface area contributed by atoms with E-state index in [2.05, 4.69) is 56.6 Å². The molecular formula is C20H24N4S. The first kappa shape index (κ1) is 16.3. The Morgan fingerprint density at radius 3 is 2.76 bits per heavy atom. The van der Waals surface area contributed by atoms with Crippen LogP contribution >= 0.6 is 12.2 Å². The minimum atomic E-state index is 0.682. The van der Waals surface area contributed by atoms with Gasteiger partial charge in [0.1, 0.15) is 0 Å². The molecule has 0 spiro atoms. The number of fused-ring (bicyclic) bond motifs is 2. The van der Waals surface area contributed by atoms with Gasteiger partial charge in [-0.15, -0.1) is 0 Å². The Balaban J connectivity index is 1.22. The van der Waals surface area contributed by atoms with E-state index in [1.165, 1.54) is 18.4 Å². The van der Waals surface area contributed by atoms with Crippen molar-refractivity contribution in [2.75, 3.05) is 11.9 Å². The first-order valence-electron chi connectivity index (χ1n) is 9.07. The molecule has 2 aromatic rings. The quantitative estimate of drug-likeness (QED) is 0.469. The average molecular weight is 353 g/mol. The number of hydrogen-bond donors (Lipinski definition) is 2. The number of thiocarbonyl (C=S) groups is 1. The highest BCUT2D eigenvalue weighted by molar-refractivity contribution is 7.80. The number of benzene rings is 1. The molecular weight excluding hydrogens is 328 g/mol. The second kappa shape index (κ2) is 7.40. The van der Waals surface area contributed by atoms with Gasteiger partial charge in [0.25, 0.3) is 0 Å². The third-order valence-corrected chi connectivity index (χ3v) is 5.56. The van der Waals surface area contributed by atoms with Gasteiger partial charge < -0.3 is 15.2 Å². The molecule has 2 aliphatic carbocycles. The van der Waals surface area contributed by atoms with Crippen molar-refractivity contribution in [3.63, 3.8) is 0 Å². The lowest BCUT2D eigenvalue weighted by Gasteiger charge is -2.19. The van der Waals surface area contributed by atoms with Gasteiger partial charge in [-0.1, -0.05) is 24.3 Å². The summed E-state index contributed by atoms with van der Waals surface area (Å²) in [4.78, 5) is 4.04. The number of nitrogens with one attached hydrogen (secondary N) is 2. The third kappa shape index (κ3) is 3.93. The molecule has 1 aromatic carbocycles. The van der Waals surface area contributed by atoms with Crippen molar-refractivity contribution in [2.45, 2.75) is 31.7 Å². The van der Waals surface area contributed by atoms with E-state index >= 15 is 0 Å². The highest BCUT2D eigenvalue weighted by Crippen LogP contribution is 2.48. The topological polar surface area (TPSA) is 41.9 Å². The summed E-state index contributed by atoms with van der Waals surface area (Å²) in [6, 6.07) is 8.79. The molecule has 5 heteroatoms. The molecule has 4 nitrogen and oxygen atoms in total. The number of anilines is 1. The van der Waals surface area contributed by atoms with Crippen LogP contribution in [0.15, 0.2) is 55.1 Å². The van der Waals surface area contributed by atoms with E-state index in [9.17, 15) is 0 Å². The summed E-state index contributed by atoms with van der Waals surface area (Å²) >= 11 is 5.38. The van der Waals surface area contributed by atoms with Crippen LogP contribution in [0.4, 0.5) is 5.69 Å². The molecule has 0 saturated heterocycles. The average Bonchev–Trinajstić information content (AvgIpc) is 3.37. The van der Waals surface area contributed by atoms with Crippen LogP contribution < -0.4 is 10.6 Å². The van der Waals surface area contributed by atoms with Gasteiger partial charge in [0.2, 0.25) is 0 Å². The maximum Gasteiger partial charge on any atom is 0.170 e. The van der Waals surface area contributed by atoms with Crippen LogP contribution in [-0.2, 0) is 6.54 Å². The number of imidazole rings is 1. The predicted molar refractivity (Wildman–Crippen MR) is 106 cm³/mol. The molecule has 25 heavy (non-hydrogen) atoms. The third-order valence-electron chi connectivity index (χ3n) is 5.31. The lowest BCUT2D eigenvalue weighted by Crippen LogP contribution is -2.29. The van der Waals surface area contributed by atoms with Gasteiger partial charge >= 0.3 is 0 Å². The molecule has 2 bridgehead atoms. The molecule has 2 aliphatic rings. The Morgan fingerprint density at radius 2 is 2.08 bits per heavy atom. The molecule has 1 fully saturated rings. The summed E-state index contributed by atoms with van der Waals surface area (Å²) in [5.74, 6) is 2.27. The number of aromatic nitrogens is 2. The van der Waals surface area contributed by atoms with Crippen LogP contribution in [0.25, 0.3) is 0 Å². The van der Waals surface area contributed by atoms with Crippen LogP contribution in [0.5, 0.6) is 0 Å². The van der Waals surface area contributed by atoms with Gasteiger partial charge in [-0.05, 0) is 66.9 Å². The van der Waals surface area contributed by atoms with Gasteiger partial charge in [-0.2, -0.15) is 0 Å². The van der Waals surface area contributed by atoms with E-state index in [0.717, 1.165) is 37.0 Å². The second-order valence-electron chi connectivity index (χ2n) is 7.04. The van der Waals surface area contributed by atoms with Gasteiger partial charge in [0.15, 0.2) is 5.11 Å². The Hall–Kier alpha value is -2.14. The van der Waals surface area contributed by atoms with Crippen LogP contribution in [0.2, 0.25) is 0 Å². The molecule has 3 atom stereocenters. The number of nitrogens with zero attached hydrogens (tertiary/aromatic N) is 2. The van der Waals surface area contributed by atoms with Crippen LogP contribution in [0, 0.1) is 11.8 Å². The number of rotatable bonds is 6. The fourth-order valence-electron chi connectivity index (χ4n) is 4.04. The van der Waals surface area contributed by atoms with Crippen LogP contribution in [0.3, 0.4) is 0 Å². The number of aryl methyl sites for hydroxylation is 1. The Kier molecular flexibility index (Phi) is 4.83. The standard InChI is InChI=1S/C20H24N4S/c25-20(22-8-1-10-24-11-9-21-14-24)23-18-6-4-16(5-7-18)19-13-15-2-3-17(19)12-15/h2-7,9,11,14-15,17,19H,1,8,10,12-13H2,(H2,22,23,25). The molecule has 130 valence electrons. The van der Waals surface area contributed by atoms with Gasteiger partial charge in [-0.3, -0.25) is 0 Å². The van der Waals surface area contributed by atoms with Crippen molar-refractivity contribution in [3.8, 4) is 0 Å². The van der Waals surface area contributed by atoms with Crippen molar-refractivity contribution in [2.24, 2.45) is 11.8 Å². The molecule has 0 aliphatic heterocycles. The summed E-state index contributed by atoms with van der Waals surface area (Å²) in [5, 5.41) is 7.22. The summed E-state index contributed by atoms with van der Waals surface area (Å²) in [5.41, 5.74) is 2.51. The summed E-state index contributed by atoms with van der Waals surface area (Å²) in [6.45, 7) is 1.79. The molecule has 1 aromatic heterocycles. The zero-order valence-corrected chi connectivity index (χ0v) is 15.1. The Labute approximate surface area is 154 Å². The van der Waals surface area contributed by atoms with E-state index in [1.54, 1.807) is 6.20 Å². The summed E-state index contributed by atoms with van der Waals surface area (Å²) < 4.78 is 2.07. The minimum Gasteiger partial charge on any atom is -0.362 e. The molecule has 4 rings (SSSR count). The normalized spacial score (nSPS) is 23.8. The van der Waals surface area contributed by atoms with E-state index < -0.39 is 0 Å². The highest BCUT2D eigenvalue weighted by atomic mass is 32.1. The second-order valence-corrected chi connectivity index (χ2v) is 7.45. The lowest BCUT2D eigenvalue weighted by molar-refractivity contribution is 0.586. The SMILES string of the molecule is S=C(NCCCn1ccnc1)Nc1ccc(C2CC3C=CC2C3)cc1. The molecule has 1 saturated carbocycles. The summed E-state index contributed by atoms with van der Waals surface area (Å²) in [7, 11) is 0.